The molecule has 1 spiro atoms. The van der Waals surface area contributed by atoms with Crippen LogP contribution < -0.4 is 5.32 Å². The highest BCUT2D eigenvalue weighted by Crippen LogP contribution is 2.46. The van der Waals surface area contributed by atoms with Crippen molar-refractivity contribution < 1.29 is 4.79 Å². The first-order valence-electron chi connectivity index (χ1n) is 8.18. The van der Waals surface area contributed by atoms with Crippen molar-refractivity contribution in [2.75, 3.05) is 19.6 Å². The molecule has 0 aromatic carbocycles. The van der Waals surface area contributed by atoms with Gasteiger partial charge < -0.3 is 10.2 Å². The van der Waals surface area contributed by atoms with Crippen LogP contribution >= 0.6 is 0 Å². The van der Waals surface area contributed by atoms with E-state index in [-0.39, 0.29) is 5.54 Å². The Morgan fingerprint density at radius 3 is 2.16 bits per heavy atom. The zero-order chi connectivity index (χ0) is 13.3. The molecule has 0 aromatic rings. The predicted molar refractivity (Wildman–Crippen MR) is 77.0 cm³/mol. The normalized spacial score (nSPS) is 34.7. The Bertz CT molecular complexity index is 331. The second kappa shape index (κ2) is 5.08. The Balaban J connectivity index is 1.60. The molecule has 1 N–H and O–H groups in total. The summed E-state index contributed by atoms with van der Waals surface area (Å²) in [6.07, 6.45) is 11.5. The number of hydrogen-bond acceptors (Lipinski definition) is 2. The van der Waals surface area contributed by atoms with E-state index in [9.17, 15) is 4.79 Å². The third-order valence-electron chi connectivity index (χ3n) is 5.87. The van der Waals surface area contributed by atoms with Crippen LogP contribution in [0, 0.1) is 5.41 Å². The average molecular weight is 264 g/mol. The molecule has 3 heteroatoms. The molecule has 0 radical (unpaired) electrons. The molecule has 1 unspecified atom stereocenters. The number of piperidine rings is 2. The fraction of sp³-hybridized carbons (Fsp3) is 0.938. The van der Waals surface area contributed by atoms with Gasteiger partial charge in [0.2, 0.25) is 5.91 Å². The van der Waals surface area contributed by atoms with Gasteiger partial charge in [-0.3, -0.25) is 4.79 Å². The maximum Gasteiger partial charge on any atom is 0.242 e. The summed E-state index contributed by atoms with van der Waals surface area (Å²) in [5, 5.41) is 3.46. The molecule has 108 valence electrons. The minimum atomic E-state index is -0.279. The molecule has 19 heavy (non-hydrogen) atoms. The maximum atomic E-state index is 12.7. The van der Waals surface area contributed by atoms with Crippen LogP contribution in [-0.4, -0.2) is 36.0 Å². The van der Waals surface area contributed by atoms with Crippen LogP contribution in [0.2, 0.25) is 0 Å². The van der Waals surface area contributed by atoms with E-state index in [2.05, 4.69) is 17.1 Å². The van der Waals surface area contributed by atoms with Gasteiger partial charge in [-0.15, -0.1) is 0 Å². The van der Waals surface area contributed by atoms with Crippen molar-refractivity contribution in [2.45, 2.75) is 70.3 Å². The highest BCUT2D eigenvalue weighted by atomic mass is 16.2. The molecule has 1 saturated carbocycles. The first-order chi connectivity index (χ1) is 9.14. The lowest BCUT2D eigenvalue weighted by molar-refractivity contribution is -0.141. The van der Waals surface area contributed by atoms with E-state index in [1.54, 1.807) is 0 Å². The molecular formula is C16H28N2O. The molecule has 2 saturated heterocycles. The summed E-state index contributed by atoms with van der Waals surface area (Å²) < 4.78 is 0. The Labute approximate surface area is 117 Å². The number of carbonyl (C=O) groups excluding carboxylic acids is 1. The second-order valence-electron chi connectivity index (χ2n) is 7.22. The standard InChI is InChI=1S/C16H28N2O/c1-15(6-4-5-11-17-15)14(19)18-12-9-16(10-13-18)7-2-3-8-16/h17H,2-13H2,1H3. The highest BCUT2D eigenvalue weighted by Gasteiger charge is 2.42. The third-order valence-corrected chi connectivity index (χ3v) is 5.87. The zero-order valence-corrected chi connectivity index (χ0v) is 12.3. The van der Waals surface area contributed by atoms with Crippen molar-refractivity contribution in [1.29, 1.82) is 0 Å². The Morgan fingerprint density at radius 1 is 0.947 bits per heavy atom. The van der Waals surface area contributed by atoms with Gasteiger partial charge in [0.05, 0.1) is 5.54 Å². The smallest absolute Gasteiger partial charge is 0.242 e. The van der Waals surface area contributed by atoms with E-state index >= 15 is 0 Å². The van der Waals surface area contributed by atoms with E-state index in [0.29, 0.717) is 11.3 Å². The molecule has 1 atom stereocenters. The van der Waals surface area contributed by atoms with Crippen molar-refractivity contribution in [2.24, 2.45) is 5.41 Å². The largest absolute Gasteiger partial charge is 0.341 e. The number of amides is 1. The number of hydrogen-bond donors (Lipinski definition) is 1. The molecule has 2 heterocycles. The van der Waals surface area contributed by atoms with E-state index in [0.717, 1.165) is 26.1 Å². The van der Waals surface area contributed by atoms with Crippen LogP contribution in [0.4, 0.5) is 0 Å². The summed E-state index contributed by atoms with van der Waals surface area (Å²) in [5.41, 5.74) is 0.329. The quantitative estimate of drug-likeness (QED) is 0.790. The first-order valence-corrected chi connectivity index (χ1v) is 8.18. The molecule has 0 bridgehead atoms. The minimum Gasteiger partial charge on any atom is -0.341 e. The first kappa shape index (κ1) is 13.4. The van der Waals surface area contributed by atoms with Crippen LogP contribution in [0.1, 0.15) is 64.7 Å². The lowest BCUT2D eigenvalue weighted by atomic mass is 9.76. The van der Waals surface area contributed by atoms with Crippen molar-refractivity contribution in [3.8, 4) is 0 Å². The van der Waals surface area contributed by atoms with E-state index < -0.39 is 0 Å². The molecular weight excluding hydrogens is 236 g/mol. The number of nitrogens with one attached hydrogen (secondary N) is 1. The minimum absolute atomic E-state index is 0.279. The molecule has 1 aliphatic carbocycles. The lowest BCUT2D eigenvalue weighted by Crippen LogP contribution is -2.59. The summed E-state index contributed by atoms with van der Waals surface area (Å²) in [7, 11) is 0. The van der Waals surface area contributed by atoms with Crippen LogP contribution in [-0.2, 0) is 4.79 Å². The molecule has 3 rings (SSSR count). The van der Waals surface area contributed by atoms with E-state index in [1.165, 1.54) is 51.4 Å². The molecule has 3 nitrogen and oxygen atoms in total. The number of nitrogens with zero attached hydrogens (tertiary/aromatic N) is 1. The van der Waals surface area contributed by atoms with Crippen molar-refractivity contribution in [3.63, 3.8) is 0 Å². The van der Waals surface area contributed by atoms with Gasteiger partial charge in [-0.25, -0.2) is 0 Å². The maximum absolute atomic E-state index is 12.7. The van der Waals surface area contributed by atoms with Gasteiger partial charge in [-0.2, -0.15) is 0 Å². The van der Waals surface area contributed by atoms with Gasteiger partial charge in [0, 0.05) is 13.1 Å². The van der Waals surface area contributed by atoms with Gasteiger partial charge >= 0.3 is 0 Å². The van der Waals surface area contributed by atoms with E-state index in [4.69, 9.17) is 0 Å². The van der Waals surface area contributed by atoms with Crippen molar-refractivity contribution >= 4 is 5.91 Å². The highest BCUT2D eigenvalue weighted by molar-refractivity contribution is 5.86. The van der Waals surface area contributed by atoms with Crippen LogP contribution in [0.5, 0.6) is 0 Å². The Kier molecular flexibility index (Phi) is 3.59. The Morgan fingerprint density at radius 2 is 1.58 bits per heavy atom. The lowest BCUT2D eigenvalue weighted by Gasteiger charge is -2.44. The van der Waals surface area contributed by atoms with Gasteiger partial charge in [0.15, 0.2) is 0 Å². The molecule has 3 fully saturated rings. The van der Waals surface area contributed by atoms with Gasteiger partial charge in [0.1, 0.15) is 0 Å². The van der Waals surface area contributed by atoms with Gasteiger partial charge in [-0.05, 0) is 63.8 Å². The second-order valence-corrected chi connectivity index (χ2v) is 7.22. The monoisotopic (exact) mass is 264 g/mol. The number of rotatable bonds is 1. The van der Waals surface area contributed by atoms with Gasteiger partial charge in [-0.1, -0.05) is 12.8 Å². The Hall–Kier alpha value is -0.570. The molecule has 0 aromatic heterocycles. The molecule has 1 amide bonds. The molecule has 3 aliphatic rings. The van der Waals surface area contributed by atoms with Crippen LogP contribution in [0.25, 0.3) is 0 Å². The number of likely N-dealkylation sites (tertiary alicyclic amines) is 1. The summed E-state index contributed by atoms with van der Waals surface area (Å²) in [6.45, 7) is 5.10. The zero-order valence-electron chi connectivity index (χ0n) is 12.3. The third kappa shape index (κ3) is 2.54. The summed E-state index contributed by atoms with van der Waals surface area (Å²) in [4.78, 5) is 14.9. The topological polar surface area (TPSA) is 32.3 Å². The van der Waals surface area contributed by atoms with Crippen molar-refractivity contribution in [3.05, 3.63) is 0 Å². The summed E-state index contributed by atoms with van der Waals surface area (Å²) in [6, 6.07) is 0. The van der Waals surface area contributed by atoms with E-state index in [1.807, 2.05) is 0 Å². The summed E-state index contributed by atoms with van der Waals surface area (Å²) >= 11 is 0. The molecule has 2 aliphatic heterocycles. The fourth-order valence-electron chi connectivity index (χ4n) is 4.40. The average Bonchev–Trinajstić information content (AvgIpc) is 2.88. The number of carbonyl (C=O) groups is 1. The van der Waals surface area contributed by atoms with Crippen LogP contribution in [0.15, 0.2) is 0 Å². The summed E-state index contributed by atoms with van der Waals surface area (Å²) in [5.74, 6) is 0.361. The predicted octanol–water partition coefficient (Wildman–Crippen LogP) is 2.70. The SMILES string of the molecule is CC1(C(=O)N2CCC3(CCCC3)CC2)CCCCN1. The fourth-order valence-corrected chi connectivity index (χ4v) is 4.40. The van der Waals surface area contributed by atoms with Crippen molar-refractivity contribution in [1.82, 2.24) is 10.2 Å². The van der Waals surface area contributed by atoms with Crippen LogP contribution in [0.3, 0.4) is 0 Å². The van der Waals surface area contributed by atoms with Gasteiger partial charge in [0.25, 0.3) is 0 Å².